The summed E-state index contributed by atoms with van der Waals surface area (Å²) in [4.78, 5) is 29.4. The molecule has 0 bridgehead atoms. The molecule has 2 aliphatic heterocycles. The smallest absolute Gasteiger partial charge is 0.267 e. The fourth-order valence-electron chi connectivity index (χ4n) is 4.73. The molecule has 1 aromatic heterocycles. The molecule has 1 aromatic carbocycles. The van der Waals surface area contributed by atoms with E-state index in [-0.39, 0.29) is 17.6 Å². The second-order valence-corrected chi connectivity index (χ2v) is 8.45. The van der Waals surface area contributed by atoms with Gasteiger partial charge >= 0.3 is 0 Å². The predicted molar refractivity (Wildman–Crippen MR) is 113 cm³/mol. The van der Waals surface area contributed by atoms with Gasteiger partial charge in [0.2, 0.25) is 0 Å². The van der Waals surface area contributed by atoms with Gasteiger partial charge in [0.15, 0.2) is 6.10 Å². The second kappa shape index (κ2) is 8.22. The number of aryl methyl sites for hydroxylation is 3. The number of fused-ring (bicyclic) bond motifs is 2. The van der Waals surface area contributed by atoms with E-state index in [0.29, 0.717) is 19.6 Å². The minimum atomic E-state index is -0.374. The minimum absolute atomic E-state index is 0.000748. The van der Waals surface area contributed by atoms with E-state index in [2.05, 4.69) is 16.1 Å². The molecule has 1 fully saturated rings. The highest BCUT2D eigenvalue weighted by Gasteiger charge is 2.31. The van der Waals surface area contributed by atoms with Crippen LogP contribution in [0.25, 0.3) is 0 Å². The number of aromatic nitrogens is 2. The SMILES string of the molecule is O=C(C1CCc2ccccc2O1)N1CCN(CCn2nc3c(cc2=O)CCC3)CC1. The van der Waals surface area contributed by atoms with Crippen LogP contribution in [0.3, 0.4) is 0 Å². The Morgan fingerprint density at radius 3 is 2.73 bits per heavy atom. The molecule has 3 aliphatic rings. The first-order valence-corrected chi connectivity index (χ1v) is 11.0. The van der Waals surface area contributed by atoms with E-state index in [0.717, 1.165) is 68.7 Å². The van der Waals surface area contributed by atoms with Crippen molar-refractivity contribution < 1.29 is 9.53 Å². The summed E-state index contributed by atoms with van der Waals surface area (Å²) in [5.74, 6) is 0.939. The number of carbonyl (C=O) groups is 1. The molecule has 2 aromatic rings. The molecular formula is C23H28N4O3. The maximum atomic E-state index is 12.9. The predicted octanol–water partition coefficient (Wildman–Crippen LogP) is 1.27. The molecule has 1 saturated heterocycles. The molecule has 1 unspecified atom stereocenters. The molecule has 1 atom stereocenters. The van der Waals surface area contributed by atoms with Gasteiger partial charge in [-0.15, -0.1) is 0 Å². The summed E-state index contributed by atoms with van der Waals surface area (Å²) in [6, 6.07) is 9.73. The van der Waals surface area contributed by atoms with Crippen molar-refractivity contribution in [3.05, 3.63) is 57.5 Å². The molecule has 7 heteroatoms. The van der Waals surface area contributed by atoms with E-state index in [9.17, 15) is 9.59 Å². The fraction of sp³-hybridized carbons (Fsp3) is 0.522. The third kappa shape index (κ3) is 3.86. The van der Waals surface area contributed by atoms with E-state index in [1.54, 1.807) is 10.7 Å². The lowest BCUT2D eigenvalue weighted by molar-refractivity contribution is -0.141. The Kier molecular flexibility index (Phi) is 5.29. The molecule has 30 heavy (non-hydrogen) atoms. The van der Waals surface area contributed by atoms with E-state index in [1.807, 2.05) is 23.1 Å². The van der Waals surface area contributed by atoms with Crippen molar-refractivity contribution in [2.75, 3.05) is 32.7 Å². The van der Waals surface area contributed by atoms with Gasteiger partial charge in [0.1, 0.15) is 5.75 Å². The molecule has 158 valence electrons. The number of piperazine rings is 1. The Labute approximate surface area is 176 Å². The van der Waals surface area contributed by atoms with Gasteiger partial charge in [-0.3, -0.25) is 14.5 Å². The standard InChI is InChI=1S/C23H28N4O3/c28-22-16-18-5-3-6-19(18)24-27(22)15-12-25-10-13-26(14-11-25)23(29)21-9-8-17-4-1-2-7-20(17)30-21/h1-2,4,7,16,21H,3,5-6,8-15H2. The van der Waals surface area contributed by atoms with Crippen molar-refractivity contribution in [1.82, 2.24) is 19.6 Å². The van der Waals surface area contributed by atoms with Gasteiger partial charge in [0, 0.05) is 38.8 Å². The minimum Gasteiger partial charge on any atom is -0.480 e. The van der Waals surface area contributed by atoms with Crippen LogP contribution in [0.2, 0.25) is 0 Å². The average molecular weight is 409 g/mol. The van der Waals surface area contributed by atoms with E-state index in [1.165, 1.54) is 5.56 Å². The number of amides is 1. The zero-order valence-electron chi connectivity index (χ0n) is 17.3. The first kappa shape index (κ1) is 19.3. The summed E-state index contributed by atoms with van der Waals surface area (Å²) in [5.41, 5.74) is 3.39. The maximum Gasteiger partial charge on any atom is 0.267 e. The van der Waals surface area contributed by atoms with Gasteiger partial charge < -0.3 is 9.64 Å². The quantitative estimate of drug-likeness (QED) is 0.762. The number of hydrogen-bond acceptors (Lipinski definition) is 5. The van der Waals surface area contributed by atoms with Crippen LogP contribution in [0.4, 0.5) is 0 Å². The highest BCUT2D eigenvalue weighted by molar-refractivity contribution is 5.81. The second-order valence-electron chi connectivity index (χ2n) is 8.45. The number of benzene rings is 1. The Morgan fingerprint density at radius 2 is 1.87 bits per heavy atom. The number of hydrogen-bond donors (Lipinski definition) is 0. The van der Waals surface area contributed by atoms with E-state index in [4.69, 9.17) is 4.74 Å². The van der Waals surface area contributed by atoms with Crippen LogP contribution in [-0.2, 0) is 30.6 Å². The van der Waals surface area contributed by atoms with Crippen LogP contribution in [0.5, 0.6) is 5.75 Å². The summed E-state index contributed by atoms with van der Waals surface area (Å²) >= 11 is 0. The molecule has 0 radical (unpaired) electrons. The molecule has 3 heterocycles. The molecular weight excluding hydrogens is 380 g/mol. The molecule has 1 aliphatic carbocycles. The van der Waals surface area contributed by atoms with Crippen LogP contribution in [0.1, 0.15) is 29.7 Å². The van der Waals surface area contributed by atoms with Gasteiger partial charge in [-0.1, -0.05) is 18.2 Å². The van der Waals surface area contributed by atoms with Gasteiger partial charge in [-0.05, 0) is 49.3 Å². The topological polar surface area (TPSA) is 67.7 Å². The molecule has 0 saturated carbocycles. The van der Waals surface area contributed by atoms with Gasteiger partial charge in [0.25, 0.3) is 11.5 Å². The highest BCUT2D eigenvalue weighted by Crippen LogP contribution is 2.28. The lowest BCUT2D eigenvalue weighted by Gasteiger charge is -2.37. The van der Waals surface area contributed by atoms with Crippen molar-refractivity contribution >= 4 is 5.91 Å². The van der Waals surface area contributed by atoms with E-state index >= 15 is 0 Å². The highest BCUT2D eigenvalue weighted by atomic mass is 16.5. The Bertz CT molecular complexity index is 994. The lowest BCUT2D eigenvalue weighted by atomic mass is 10.0. The number of carbonyl (C=O) groups excluding carboxylic acids is 1. The van der Waals surface area contributed by atoms with Crippen molar-refractivity contribution in [2.24, 2.45) is 0 Å². The summed E-state index contributed by atoms with van der Waals surface area (Å²) in [7, 11) is 0. The Hall–Kier alpha value is -2.67. The third-order valence-corrected chi connectivity index (χ3v) is 6.53. The van der Waals surface area contributed by atoms with E-state index < -0.39 is 0 Å². The lowest BCUT2D eigenvalue weighted by Crippen LogP contribution is -2.53. The van der Waals surface area contributed by atoms with Gasteiger partial charge in [-0.2, -0.15) is 5.10 Å². The largest absolute Gasteiger partial charge is 0.480 e. The average Bonchev–Trinajstić information content (AvgIpc) is 3.24. The van der Waals surface area contributed by atoms with Crippen LogP contribution < -0.4 is 10.3 Å². The molecule has 0 spiro atoms. The molecule has 1 amide bonds. The van der Waals surface area contributed by atoms with Crippen LogP contribution >= 0.6 is 0 Å². The first-order valence-electron chi connectivity index (χ1n) is 11.0. The Balaban J connectivity index is 1.13. The number of para-hydroxylation sites is 1. The maximum absolute atomic E-state index is 12.9. The fourth-order valence-corrected chi connectivity index (χ4v) is 4.73. The van der Waals surface area contributed by atoms with Crippen molar-refractivity contribution in [1.29, 1.82) is 0 Å². The molecule has 0 N–H and O–H groups in total. The zero-order valence-corrected chi connectivity index (χ0v) is 17.3. The summed E-state index contributed by atoms with van der Waals surface area (Å²) < 4.78 is 7.58. The summed E-state index contributed by atoms with van der Waals surface area (Å²) in [5, 5.41) is 4.56. The number of rotatable bonds is 4. The van der Waals surface area contributed by atoms with Crippen molar-refractivity contribution in [3.63, 3.8) is 0 Å². The van der Waals surface area contributed by atoms with Crippen molar-refractivity contribution in [3.8, 4) is 5.75 Å². The molecule has 5 rings (SSSR count). The third-order valence-electron chi connectivity index (χ3n) is 6.53. The first-order chi connectivity index (χ1) is 14.7. The monoisotopic (exact) mass is 408 g/mol. The van der Waals surface area contributed by atoms with Crippen LogP contribution in [-0.4, -0.2) is 64.3 Å². The summed E-state index contributed by atoms with van der Waals surface area (Å²) in [6.45, 7) is 4.41. The zero-order chi connectivity index (χ0) is 20.5. The molecule has 7 nitrogen and oxygen atoms in total. The number of nitrogens with zero attached hydrogens (tertiary/aromatic N) is 4. The van der Waals surface area contributed by atoms with Crippen LogP contribution in [0.15, 0.2) is 35.1 Å². The normalized spacial score (nSPS) is 21.1. The number of ether oxygens (including phenoxy) is 1. The van der Waals surface area contributed by atoms with Crippen molar-refractivity contribution in [2.45, 2.75) is 44.8 Å². The van der Waals surface area contributed by atoms with Gasteiger partial charge in [-0.25, -0.2) is 4.68 Å². The van der Waals surface area contributed by atoms with Crippen LogP contribution in [0, 0.1) is 0 Å². The summed E-state index contributed by atoms with van der Waals surface area (Å²) in [6.07, 6.45) is 4.30. The Morgan fingerprint density at radius 1 is 1.03 bits per heavy atom. The van der Waals surface area contributed by atoms with Gasteiger partial charge in [0.05, 0.1) is 12.2 Å².